The fourth-order valence-corrected chi connectivity index (χ4v) is 7.89. The molecule has 0 aliphatic heterocycles. The number of rotatable bonds is 6. The van der Waals surface area contributed by atoms with Gasteiger partial charge in [-0.05, 0) is 74.8 Å². The Morgan fingerprint density at radius 1 is 1.26 bits per heavy atom. The smallest absolute Gasteiger partial charge is 0.307 e. The number of benzene rings is 1. The van der Waals surface area contributed by atoms with Crippen LogP contribution in [-0.2, 0) is 9.53 Å². The zero-order valence-corrected chi connectivity index (χ0v) is 18.8. The Hall–Kier alpha value is -2.29. The van der Waals surface area contributed by atoms with Gasteiger partial charge in [0.2, 0.25) is 5.89 Å². The summed E-state index contributed by atoms with van der Waals surface area (Å²) in [6.07, 6.45) is 6.81. The van der Waals surface area contributed by atoms with E-state index >= 15 is 0 Å². The van der Waals surface area contributed by atoms with Crippen LogP contribution in [0, 0.1) is 27.4 Å². The molecule has 4 aliphatic carbocycles. The number of hydrogen-bond acceptors (Lipinski definition) is 7. The first-order valence-electron chi connectivity index (χ1n) is 10.7. The summed E-state index contributed by atoms with van der Waals surface area (Å²) in [7, 11) is 0. The molecule has 8 nitrogen and oxygen atoms in total. The minimum atomic E-state index is -0.654. The first-order valence-corrected chi connectivity index (χ1v) is 11.5. The first kappa shape index (κ1) is 20.6. The Morgan fingerprint density at radius 3 is 2.55 bits per heavy atom. The predicted molar refractivity (Wildman–Crippen MR) is 114 cm³/mol. The van der Waals surface area contributed by atoms with Crippen molar-refractivity contribution in [2.45, 2.75) is 62.3 Å². The van der Waals surface area contributed by atoms with Gasteiger partial charge in [-0.15, -0.1) is 10.2 Å². The molecule has 0 unspecified atom stereocenters. The van der Waals surface area contributed by atoms with Crippen LogP contribution in [0.1, 0.15) is 63.9 Å². The molecule has 0 N–H and O–H groups in total. The Morgan fingerprint density at radius 2 is 1.94 bits per heavy atom. The second-order valence-corrected chi connectivity index (χ2v) is 11.4. The van der Waals surface area contributed by atoms with Gasteiger partial charge in [-0.1, -0.05) is 15.9 Å². The number of carbonyl (C=O) groups is 1. The van der Waals surface area contributed by atoms with Crippen LogP contribution in [0.4, 0.5) is 5.69 Å². The third-order valence-corrected chi connectivity index (χ3v) is 7.98. The van der Waals surface area contributed by atoms with Crippen molar-refractivity contribution in [3.63, 3.8) is 0 Å². The van der Waals surface area contributed by atoms with Crippen molar-refractivity contribution in [3.8, 4) is 11.5 Å². The maximum atomic E-state index is 12.8. The van der Waals surface area contributed by atoms with Gasteiger partial charge in [0.15, 0.2) is 6.10 Å². The Labute approximate surface area is 188 Å². The maximum absolute atomic E-state index is 12.8. The number of nitrogens with zero attached hydrogens (tertiary/aromatic N) is 3. The largest absolute Gasteiger partial charge is 0.453 e. The minimum Gasteiger partial charge on any atom is -0.453 e. The van der Waals surface area contributed by atoms with Gasteiger partial charge in [-0.25, -0.2) is 0 Å². The van der Waals surface area contributed by atoms with Crippen molar-refractivity contribution in [2.24, 2.45) is 17.3 Å². The molecule has 164 valence electrons. The summed E-state index contributed by atoms with van der Waals surface area (Å²) in [4.78, 5) is 23.1. The molecule has 4 bridgehead atoms. The van der Waals surface area contributed by atoms with E-state index in [1.165, 1.54) is 31.4 Å². The number of non-ortho nitro benzene ring substituents is 1. The number of aromatic nitrogens is 2. The van der Waals surface area contributed by atoms with Crippen molar-refractivity contribution in [1.29, 1.82) is 0 Å². The molecule has 0 radical (unpaired) electrons. The molecular weight excluding hydrogens is 466 g/mol. The third kappa shape index (κ3) is 4.00. The summed E-state index contributed by atoms with van der Waals surface area (Å²) >= 11 is 3.98. The first-order chi connectivity index (χ1) is 14.7. The minimum absolute atomic E-state index is 0.0132. The quantitative estimate of drug-likeness (QED) is 0.232. The summed E-state index contributed by atoms with van der Waals surface area (Å²) in [5, 5.41) is 18.8. The van der Waals surface area contributed by atoms with Crippen LogP contribution < -0.4 is 0 Å². The molecule has 1 aromatic heterocycles. The van der Waals surface area contributed by atoms with E-state index in [1.54, 1.807) is 19.1 Å². The van der Waals surface area contributed by atoms with Crippen molar-refractivity contribution in [3.05, 3.63) is 40.3 Å². The summed E-state index contributed by atoms with van der Waals surface area (Å²) in [5.41, 5.74) is 0.600. The van der Waals surface area contributed by atoms with Crippen LogP contribution in [0.2, 0.25) is 0 Å². The van der Waals surface area contributed by atoms with Gasteiger partial charge in [0.05, 0.1) is 11.3 Å². The molecular formula is C22H24BrN3O5. The monoisotopic (exact) mass is 489 g/mol. The standard InChI is InChI=1S/C22H24BrN3O5/c1-13(19-24-25-20(31-19)16-2-4-17(5-3-16)26(28)29)30-18(27)11-21-7-14-6-15(8-21)10-22(23,9-14)12-21/h2-5,13-15H,6-12H2,1H3/t13-,14-,15-,21?,22?/m1/s1. The highest BCUT2D eigenvalue weighted by molar-refractivity contribution is 9.10. The summed E-state index contributed by atoms with van der Waals surface area (Å²) in [5.74, 6) is 1.65. The van der Waals surface area contributed by atoms with Gasteiger partial charge in [0, 0.05) is 22.0 Å². The molecule has 4 saturated carbocycles. The molecule has 0 spiro atoms. The average molecular weight is 490 g/mol. The Bertz CT molecular complexity index is 1010. The topological polar surface area (TPSA) is 108 Å². The second kappa shape index (κ2) is 7.39. The van der Waals surface area contributed by atoms with Gasteiger partial charge in [0.25, 0.3) is 11.6 Å². The summed E-state index contributed by atoms with van der Waals surface area (Å²) < 4.78 is 11.5. The average Bonchev–Trinajstić information content (AvgIpc) is 3.16. The van der Waals surface area contributed by atoms with Crippen molar-refractivity contribution >= 4 is 27.6 Å². The molecule has 6 rings (SSSR count). The van der Waals surface area contributed by atoms with E-state index in [2.05, 4.69) is 26.1 Å². The van der Waals surface area contributed by atoms with E-state index in [1.807, 2.05) is 0 Å². The lowest BCUT2D eigenvalue weighted by atomic mass is 9.49. The molecule has 2 aromatic rings. The summed E-state index contributed by atoms with van der Waals surface area (Å²) in [6.45, 7) is 1.72. The van der Waals surface area contributed by atoms with Gasteiger partial charge in [-0.3, -0.25) is 14.9 Å². The molecule has 0 saturated heterocycles. The molecule has 4 fully saturated rings. The number of alkyl halides is 1. The van der Waals surface area contributed by atoms with Crippen LogP contribution >= 0.6 is 15.9 Å². The van der Waals surface area contributed by atoms with E-state index in [4.69, 9.17) is 9.15 Å². The molecule has 1 heterocycles. The van der Waals surface area contributed by atoms with E-state index in [9.17, 15) is 14.9 Å². The highest BCUT2D eigenvalue weighted by Crippen LogP contribution is 2.65. The van der Waals surface area contributed by atoms with E-state index < -0.39 is 11.0 Å². The van der Waals surface area contributed by atoms with Gasteiger partial charge in [0.1, 0.15) is 0 Å². The van der Waals surface area contributed by atoms with Gasteiger partial charge < -0.3 is 9.15 Å². The number of carbonyl (C=O) groups excluding carboxylic acids is 1. The van der Waals surface area contributed by atoms with Crippen LogP contribution in [0.15, 0.2) is 28.7 Å². The molecule has 4 aliphatic rings. The van der Waals surface area contributed by atoms with Crippen molar-refractivity contribution in [2.75, 3.05) is 0 Å². The SMILES string of the molecule is C[C@@H](OC(=O)CC12C[C@H]3C[C@@H](CC(Br)(C3)C1)C2)c1nnc(-c2ccc([N+](=O)[O-])cc2)o1. The second-order valence-electron chi connectivity index (χ2n) is 9.67. The lowest BCUT2D eigenvalue weighted by molar-refractivity contribution is -0.384. The Kier molecular flexibility index (Phi) is 4.91. The van der Waals surface area contributed by atoms with Crippen LogP contribution in [0.3, 0.4) is 0 Å². The van der Waals surface area contributed by atoms with E-state index in [-0.39, 0.29) is 33.2 Å². The fraction of sp³-hybridized carbons (Fsp3) is 0.591. The van der Waals surface area contributed by atoms with Crippen molar-refractivity contribution in [1.82, 2.24) is 10.2 Å². The molecule has 9 heteroatoms. The predicted octanol–water partition coefficient (Wildman–Crippen LogP) is 5.37. The highest BCUT2D eigenvalue weighted by atomic mass is 79.9. The normalized spacial score (nSPS) is 32.1. The number of nitro benzene ring substituents is 1. The molecule has 31 heavy (non-hydrogen) atoms. The lowest BCUT2D eigenvalue weighted by Gasteiger charge is -2.60. The van der Waals surface area contributed by atoms with Crippen LogP contribution in [0.25, 0.3) is 11.5 Å². The maximum Gasteiger partial charge on any atom is 0.307 e. The number of ether oxygens (including phenoxy) is 1. The number of esters is 1. The lowest BCUT2D eigenvalue weighted by Crippen LogP contribution is -2.53. The molecule has 1 aromatic carbocycles. The Balaban J connectivity index is 1.23. The number of hydrogen-bond donors (Lipinski definition) is 0. The highest BCUT2D eigenvalue weighted by Gasteiger charge is 2.57. The van der Waals surface area contributed by atoms with Crippen LogP contribution in [0.5, 0.6) is 0 Å². The zero-order valence-electron chi connectivity index (χ0n) is 17.3. The number of halogens is 1. The molecule has 3 atom stereocenters. The summed E-state index contributed by atoms with van der Waals surface area (Å²) in [6, 6.07) is 5.86. The zero-order chi connectivity index (χ0) is 21.8. The molecule has 0 amide bonds. The van der Waals surface area contributed by atoms with Crippen LogP contribution in [-0.4, -0.2) is 25.4 Å². The number of nitro groups is 1. The third-order valence-electron chi connectivity index (χ3n) is 7.05. The fourth-order valence-electron chi connectivity index (χ4n) is 6.38. The van der Waals surface area contributed by atoms with Gasteiger partial charge >= 0.3 is 5.97 Å². The van der Waals surface area contributed by atoms with Crippen molar-refractivity contribution < 1.29 is 18.9 Å². The van der Waals surface area contributed by atoms with Gasteiger partial charge in [-0.2, -0.15) is 0 Å². The van der Waals surface area contributed by atoms with E-state index in [0.29, 0.717) is 23.8 Å². The van der Waals surface area contributed by atoms with E-state index in [0.717, 1.165) is 19.3 Å².